The second kappa shape index (κ2) is 9.35. The molecule has 0 unspecified atom stereocenters. The van der Waals surface area contributed by atoms with Crippen molar-refractivity contribution in [3.63, 3.8) is 0 Å². The second-order valence-corrected chi connectivity index (χ2v) is 6.72. The van der Waals surface area contributed by atoms with E-state index in [2.05, 4.69) is 46.1 Å². The Labute approximate surface area is 164 Å². The molecule has 0 radical (unpaired) electrons. The molecule has 2 aromatic heterocycles. The smallest absolute Gasteiger partial charge is 0.126 e. The van der Waals surface area contributed by atoms with Crippen LogP contribution >= 0.6 is 12.6 Å². The summed E-state index contributed by atoms with van der Waals surface area (Å²) in [5.41, 5.74) is 4.19. The Morgan fingerprint density at radius 1 is 1.07 bits per heavy atom. The number of fused-ring (bicyclic) bond motifs is 1. The van der Waals surface area contributed by atoms with Crippen molar-refractivity contribution < 1.29 is 4.39 Å². The zero-order valence-electron chi connectivity index (χ0n) is 15.1. The van der Waals surface area contributed by atoms with Gasteiger partial charge in [0.1, 0.15) is 5.82 Å². The Morgan fingerprint density at radius 2 is 1.93 bits per heavy atom. The van der Waals surface area contributed by atoms with Gasteiger partial charge in [-0.3, -0.25) is 4.98 Å². The molecule has 27 heavy (non-hydrogen) atoms. The van der Waals surface area contributed by atoms with Gasteiger partial charge in [-0.1, -0.05) is 30.3 Å². The number of aromatic nitrogens is 2. The summed E-state index contributed by atoms with van der Waals surface area (Å²) in [7, 11) is 1.94. The largest absolute Gasteiger partial charge is 0.361 e. The van der Waals surface area contributed by atoms with E-state index in [1.54, 1.807) is 18.5 Å². The maximum Gasteiger partial charge on any atom is 0.126 e. The molecule has 0 spiro atoms. The van der Waals surface area contributed by atoms with E-state index in [9.17, 15) is 4.39 Å². The average Bonchev–Trinajstić information content (AvgIpc) is 3.07. The lowest BCUT2D eigenvalue weighted by molar-refractivity contribution is 0.614. The number of nitrogens with one attached hydrogen (secondary N) is 2. The highest BCUT2D eigenvalue weighted by molar-refractivity contribution is 7.80. The van der Waals surface area contributed by atoms with E-state index in [4.69, 9.17) is 0 Å². The number of halogens is 1. The molecule has 0 saturated heterocycles. The molecule has 2 aromatic carbocycles. The van der Waals surface area contributed by atoms with Gasteiger partial charge in [0.2, 0.25) is 0 Å². The number of rotatable bonds is 4. The van der Waals surface area contributed by atoms with E-state index < -0.39 is 0 Å². The molecule has 0 fully saturated rings. The fraction of sp³-hybridized carbons (Fsp3) is 0.136. The number of thiol groups is 1. The minimum Gasteiger partial charge on any atom is -0.361 e. The Morgan fingerprint density at radius 3 is 2.59 bits per heavy atom. The van der Waals surface area contributed by atoms with E-state index in [0.29, 0.717) is 6.42 Å². The van der Waals surface area contributed by atoms with Crippen molar-refractivity contribution in [2.24, 2.45) is 0 Å². The number of hydrogen-bond donors (Lipinski definition) is 3. The Hall–Kier alpha value is -2.63. The van der Waals surface area contributed by atoms with E-state index in [-0.39, 0.29) is 5.82 Å². The van der Waals surface area contributed by atoms with Gasteiger partial charge in [0.15, 0.2) is 0 Å². The van der Waals surface area contributed by atoms with Gasteiger partial charge < -0.3 is 10.3 Å². The molecule has 0 aliphatic rings. The lowest BCUT2D eigenvalue weighted by Gasteiger charge is -2.04. The number of benzene rings is 2. The first kappa shape index (κ1) is 19.1. The fourth-order valence-electron chi connectivity index (χ4n) is 2.90. The molecule has 5 heteroatoms. The molecule has 3 nitrogen and oxygen atoms in total. The lowest BCUT2D eigenvalue weighted by atomic mass is 10.0. The third kappa shape index (κ3) is 5.18. The quantitative estimate of drug-likeness (QED) is 0.437. The molecule has 0 aliphatic carbocycles. The van der Waals surface area contributed by atoms with Crippen LogP contribution in [0, 0.1) is 5.82 Å². The molecule has 0 saturated carbocycles. The summed E-state index contributed by atoms with van der Waals surface area (Å²) in [5.74, 6) is -0.144. The van der Waals surface area contributed by atoms with Crippen LogP contribution in [0.5, 0.6) is 0 Å². The van der Waals surface area contributed by atoms with Crippen molar-refractivity contribution in [2.45, 2.75) is 17.9 Å². The van der Waals surface area contributed by atoms with Crippen LogP contribution in [0.4, 0.5) is 4.39 Å². The summed E-state index contributed by atoms with van der Waals surface area (Å²) in [4.78, 5) is 7.99. The van der Waals surface area contributed by atoms with Crippen LogP contribution in [-0.4, -0.2) is 17.0 Å². The highest BCUT2D eigenvalue weighted by Crippen LogP contribution is 2.21. The third-order valence-electron chi connectivity index (χ3n) is 4.20. The molecule has 2 N–H and O–H groups in total. The number of hydrogen-bond acceptors (Lipinski definition) is 3. The van der Waals surface area contributed by atoms with E-state index >= 15 is 0 Å². The summed E-state index contributed by atoms with van der Waals surface area (Å²) in [6.45, 7) is 0.840. The zero-order chi connectivity index (χ0) is 19.1. The van der Waals surface area contributed by atoms with Gasteiger partial charge in [-0.05, 0) is 48.0 Å². The first-order valence-electron chi connectivity index (χ1n) is 8.73. The lowest BCUT2D eigenvalue weighted by Crippen LogP contribution is -2.03. The maximum atomic E-state index is 13.7. The molecule has 138 valence electrons. The first-order chi connectivity index (χ1) is 13.2. The Balaban J connectivity index is 0.000000253. The van der Waals surface area contributed by atoms with Crippen LogP contribution in [0.1, 0.15) is 16.7 Å². The predicted octanol–water partition coefficient (Wildman–Crippen LogP) is 4.99. The number of aromatic amines is 1. The maximum absolute atomic E-state index is 13.7. The van der Waals surface area contributed by atoms with Crippen LogP contribution in [-0.2, 0) is 13.0 Å². The number of nitrogens with zero attached hydrogens (tertiary/aromatic N) is 1. The van der Waals surface area contributed by atoms with Crippen LogP contribution < -0.4 is 5.32 Å². The highest BCUT2D eigenvalue weighted by Gasteiger charge is 2.06. The van der Waals surface area contributed by atoms with E-state index in [1.807, 2.05) is 37.5 Å². The summed E-state index contributed by atoms with van der Waals surface area (Å²) < 4.78 is 13.7. The molecule has 4 aromatic rings. The molecule has 0 amide bonds. The van der Waals surface area contributed by atoms with Crippen molar-refractivity contribution in [3.8, 4) is 0 Å². The average molecular weight is 380 g/mol. The van der Waals surface area contributed by atoms with Gasteiger partial charge in [-0.25, -0.2) is 4.39 Å². The fourth-order valence-corrected chi connectivity index (χ4v) is 3.05. The minimum atomic E-state index is -0.144. The van der Waals surface area contributed by atoms with Gasteiger partial charge in [-0.2, -0.15) is 0 Å². The van der Waals surface area contributed by atoms with Crippen LogP contribution in [0.3, 0.4) is 0 Å². The SMILES string of the molecule is CNCc1c[nH]c2cc(Cc3ccccc3F)ccc12.Sc1cccnc1. The normalized spacial score (nSPS) is 10.5. The van der Waals surface area contributed by atoms with Crippen LogP contribution in [0.25, 0.3) is 10.9 Å². The van der Waals surface area contributed by atoms with Crippen molar-refractivity contribution in [1.82, 2.24) is 15.3 Å². The van der Waals surface area contributed by atoms with Crippen molar-refractivity contribution >= 4 is 23.5 Å². The minimum absolute atomic E-state index is 0.144. The summed E-state index contributed by atoms with van der Waals surface area (Å²) in [6, 6.07) is 16.9. The molecule has 2 heterocycles. The van der Waals surface area contributed by atoms with E-state index in [1.165, 1.54) is 17.0 Å². The van der Waals surface area contributed by atoms with Gasteiger partial charge in [0.05, 0.1) is 0 Å². The second-order valence-electron chi connectivity index (χ2n) is 6.20. The van der Waals surface area contributed by atoms with Gasteiger partial charge >= 0.3 is 0 Å². The van der Waals surface area contributed by atoms with Crippen molar-refractivity contribution in [3.05, 3.63) is 95.7 Å². The molecule has 0 bridgehead atoms. The number of H-pyrrole nitrogens is 1. The molecular formula is C22H22FN3S. The Kier molecular flexibility index (Phi) is 6.63. The third-order valence-corrected chi connectivity index (χ3v) is 4.46. The molecular weight excluding hydrogens is 357 g/mol. The van der Waals surface area contributed by atoms with Crippen molar-refractivity contribution in [1.29, 1.82) is 0 Å². The Bertz CT molecular complexity index is 999. The zero-order valence-corrected chi connectivity index (χ0v) is 16.0. The summed E-state index contributed by atoms with van der Waals surface area (Å²) >= 11 is 4.02. The van der Waals surface area contributed by atoms with Crippen molar-refractivity contribution in [2.75, 3.05) is 7.05 Å². The summed E-state index contributed by atoms with van der Waals surface area (Å²) in [6.07, 6.45) is 6.06. The topological polar surface area (TPSA) is 40.7 Å². The molecule has 4 rings (SSSR count). The first-order valence-corrected chi connectivity index (χ1v) is 9.18. The monoisotopic (exact) mass is 379 g/mol. The predicted molar refractivity (Wildman–Crippen MR) is 112 cm³/mol. The highest BCUT2D eigenvalue weighted by atomic mass is 32.1. The van der Waals surface area contributed by atoms with E-state index in [0.717, 1.165) is 28.1 Å². The molecule has 0 aliphatic heterocycles. The molecule has 0 atom stereocenters. The van der Waals surface area contributed by atoms with Crippen LogP contribution in [0.15, 0.2) is 78.1 Å². The van der Waals surface area contributed by atoms with Gasteiger partial charge in [0.25, 0.3) is 0 Å². The van der Waals surface area contributed by atoms with Gasteiger partial charge in [-0.15, -0.1) is 12.6 Å². The van der Waals surface area contributed by atoms with Gasteiger partial charge in [0, 0.05) is 47.4 Å². The summed E-state index contributed by atoms with van der Waals surface area (Å²) in [5, 5.41) is 4.37. The number of pyridine rings is 1. The van der Waals surface area contributed by atoms with Crippen LogP contribution in [0.2, 0.25) is 0 Å². The standard InChI is InChI=1S/C17H17FN2.C5H5NS/c1-19-10-14-11-20-17-9-12(6-7-15(14)17)8-13-4-2-3-5-16(13)18;7-5-2-1-3-6-4-5/h2-7,9,11,19-20H,8,10H2,1H3;1-4,7H.